The number of rotatable bonds is 7. The van der Waals surface area contributed by atoms with Crippen molar-refractivity contribution in [1.82, 2.24) is 4.90 Å². The van der Waals surface area contributed by atoms with Crippen molar-refractivity contribution in [3.05, 3.63) is 47.2 Å². The van der Waals surface area contributed by atoms with Crippen molar-refractivity contribution in [2.45, 2.75) is 56.9 Å². The second-order valence-corrected chi connectivity index (χ2v) is 7.77. The Bertz CT molecular complexity index is 717. The molecule has 3 rings (SSSR count). The van der Waals surface area contributed by atoms with Crippen LogP contribution in [0, 0.1) is 0 Å². The molecule has 154 valence electrons. The summed E-state index contributed by atoms with van der Waals surface area (Å²) in [5.41, 5.74) is 3.12. The lowest BCUT2D eigenvalue weighted by atomic mass is 10.0. The number of carbonyl (C=O) groups is 1. The fraction of sp³-hybridized carbons (Fsp3) is 0.591. The van der Waals surface area contributed by atoms with E-state index in [1.54, 1.807) is 26.5 Å². The van der Waals surface area contributed by atoms with Gasteiger partial charge in [-0.25, -0.2) is 0 Å². The third-order valence-electron chi connectivity index (χ3n) is 5.45. The summed E-state index contributed by atoms with van der Waals surface area (Å²) in [5, 5.41) is 0. The van der Waals surface area contributed by atoms with Gasteiger partial charge in [0.25, 0.3) is 0 Å². The Hall–Kier alpha value is -1.73. The average molecular weight is 389 g/mol. The molecule has 0 aromatic heterocycles. The smallest absolute Gasteiger partial charge is 0.187 e. The van der Waals surface area contributed by atoms with Crippen molar-refractivity contribution in [1.29, 1.82) is 0 Å². The standard InChI is InChI=1S/C22H31NO5/c1-14-22(26-5)20(25-4)13-21(27-14)28-18-11-15-6-7-16(10-17(15)12-18)19(24)8-9-23(2)3/h6-10,14,18,20-22H,11-13H2,1-5H3. The molecule has 6 nitrogen and oxygen atoms in total. The molecule has 0 spiro atoms. The maximum Gasteiger partial charge on any atom is 0.187 e. The highest BCUT2D eigenvalue weighted by atomic mass is 16.7. The molecule has 6 heteroatoms. The fourth-order valence-corrected chi connectivity index (χ4v) is 4.01. The van der Waals surface area contributed by atoms with Crippen LogP contribution < -0.4 is 0 Å². The molecule has 0 N–H and O–H groups in total. The molecule has 0 bridgehead atoms. The van der Waals surface area contributed by atoms with E-state index in [0.717, 1.165) is 12.8 Å². The van der Waals surface area contributed by atoms with E-state index in [1.165, 1.54) is 11.1 Å². The molecule has 0 radical (unpaired) electrons. The zero-order valence-corrected chi connectivity index (χ0v) is 17.4. The Morgan fingerprint density at radius 1 is 1.18 bits per heavy atom. The maximum absolute atomic E-state index is 12.3. The zero-order chi connectivity index (χ0) is 20.3. The van der Waals surface area contributed by atoms with Crippen LogP contribution in [0.2, 0.25) is 0 Å². The van der Waals surface area contributed by atoms with E-state index in [4.69, 9.17) is 18.9 Å². The van der Waals surface area contributed by atoms with Gasteiger partial charge >= 0.3 is 0 Å². The highest BCUT2D eigenvalue weighted by Gasteiger charge is 2.39. The molecule has 5 atom stereocenters. The lowest BCUT2D eigenvalue weighted by Crippen LogP contribution is -2.50. The summed E-state index contributed by atoms with van der Waals surface area (Å²) in [5.74, 6) is 0.0128. The van der Waals surface area contributed by atoms with Crippen LogP contribution in [0.5, 0.6) is 0 Å². The number of hydrogen-bond donors (Lipinski definition) is 0. The average Bonchev–Trinajstić information content (AvgIpc) is 3.06. The molecule has 1 aliphatic carbocycles. The Morgan fingerprint density at radius 2 is 1.93 bits per heavy atom. The highest BCUT2D eigenvalue weighted by molar-refractivity contribution is 6.04. The molecule has 28 heavy (non-hydrogen) atoms. The minimum Gasteiger partial charge on any atom is -0.383 e. The first-order valence-electron chi connectivity index (χ1n) is 9.78. The first-order chi connectivity index (χ1) is 13.4. The van der Waals surface area contributed by atoms with Crippen molar-refractivity contribution in [3.63, 3.8) is 0 Å². The van der Waals surface area contributed by atoms with Gasteiger partial charge in [-0.15, -0.1) is 0 Å². The number of nitrogens with zero attached hydrogens (tertiary/aromatic N) is 1. The van der Waals surface area contributed by atoms with E-state index >= 15 is 0 Å². The largest absolute Gasteiger partial charge is 0.383 e. The number of benzene rings is 1. The number of fused-ring (bicyclic) bond motifs is 1. The predicted molar refractivity (Wildman–Crippen MR) is 106 cm³/mol. The Kier molecular flexibility index (Phi) is 6.88. The van der Waals surface area contributed by atoms with E-state index in [-0.39, 0.29) is 36.5 Å². The molecule has 1 aromatic rings. The number of carbonyl (C=O) groups excluding carboxylic acids is 1. The number of methoxy groups -OCH3 is 2. The minimum atomic E-state index is -0.310. The van der Waals surface area contributed by atoms with Crippen molar-refractivity contribution in [2.75, 3.05) is 28.3 Å². The summed E-state index contributed by atoms with van der Waals surface area (Å²) in [6.07, 6.45) is 5.13. The topological polar surface area (TPSA) is 57.2 Å². The quantitative estimate of drug-likeness (QED) is 0.528. The minimum absolute atomic E-state index is 0.0128. The molecule has 1 fully saturated rings. The summed E-state index contributed by atoms with van der Waals surface area (Å²) in [6.45, 7) is 1.98. The van der Waals surface area contributed by atoms with Crippen molar-refractivity contribution in [2.24, 2.45) is 0 Å². The van der Waals surface area contributed by atoms with Gasteiger partial charge in [0, 0.05) is 52.6 Å². The number of ketones is 1. The van der Waals surface area contributed by atoms with Gasteiger partial charge in [0.05, 0.1) is 18.3 Å². The van der Waals surface area contributed by atoms with Gasteiger partial charge < -0.3 is 23.8 Å². The van der Waals surface area contributed by atoms with Gasteiger partial charge in [0.2, 0.25) is 0 Å². The van der Waals surface area contributed by atoms with Crippen LogP contribution in [0.1, 0.15) is 34.8 Å². The van der Waals surface area contributed by atoms with Gasteiger partial charge in [-0.3, -0.25) is 4.79 Å². The summed E-state index contributed by atoms with van der Waals surface area (Å²) in [7, 11) is 7.16. The fourth-order valence-electron chi connectivity index (χ4n) is 4.01. The van der Waals surface area contributed by atoms with Gasteiger partial charge in [0.1, 0.15) is 6.10 Å². The first kappa shape index (κ1) is 21.0. The van der Waals surface area contributed by atoms with E-state index in [1.807, 2.05) is 44.1 Å². The molecule has 2 aliphatic rings. The lowest BCUT2D eigenvalue weighted by Gasteiger charge is -2.39. The molecule has 0 amide bonds. The zero-order valence-electron chi connectivity index (χ0n) is 17.4. The molecular weight excluding hydrogens is 358 g/mol. The number of allylic oxidation sites excluding steroid dienone is 1. The Balaban J connectivity index is 1.61. The van der Waals surface area contributed by atoms with Crippen LogP contribution in [0.25, 0.3) is 0 Å². The summed E-state index contributed by atoms with van der Waals surface area (Å²) in [6, 6.07) is 5.93. The number of hydrogen-bond acceptors (Lipinski definition) is 6. The van der Waals surface area contributed by atoms with Gasteiger partial charge in [-0.1, -0.05) is 12.1 Å². The molecular formula is C22H31NO5. The van der Waals surface area contributed by atoms with Crippen LogP contribution >= 0.6 is 0 Å². The van der Waals surface area contributed by atoms with Gasteiger partial charge in [0.15, 0.2) is 12.1 Å². The van der Waals surface area contributed by atoms with Crippen LogP contribution in [0.15, 0.2) is 30.5 Å². The Labute approximate surface area is 167 Å². The van der Waals surface area contributed by atoms with Crippen LogP contribution in [0.3, 0.4) is 0 Å². The third kappa shape index (κ3) is 4.81. The molecule has 1 aromatic carbocycles. The molecule has 1 heterocycles. The van der Waals surface area contributed by atoms with Crippen molar-refractivity contribution < 1.29 is 23.7 Å². The second-order valence-electron chi connectivity index (χ2n) is 7.77. The van der Waals surface area contributed by atoms with Gasteiger partial charge in [-0.05, 0) is 37.0 Å². The van der Waals surface area contributed by atoms with E-state index in [9.17, 15) is 4.79 Å². The normalized spacial score (nSPS) is 29.8. The molecule has 1 aliphatic heterocycles. The molecule has 5 unspecified atom stereocenters. The maximum atomic E-state index is 12.3. The first-order valence-corrected chi connectivity index (χ1v) is 9.78. The van der Waals surface area contributed by atoms with Crippen molar-refractivity contribution >= 4 is 5.78 Å². The molecule has 0 saturated carbocycles. The van der Waals surface area contributed by atoms with E-state index < -0.39 is 0 Å². The van der Waals surface area contributed by atoms with Gasteiger partial charge in [-0.2, -0.15) is 0 Å². The summed E-state index contributed by atoms with van der Waals surface area (Å²) >= 11 is 0. The lowest BCUT2D eigenvalue weighted by molar-refractivity contribution is -0.265. The van der Waals surface area contributed by atoms with E-state index in [0.29, 0.717) is 12.0 Å². The number of ether oxygens (including phenoxy) is 4. The van der Waals surface area contributed by atoms with Crippen LogP contribution in [-0.2, 0) is 31.8 Å². The monoisotopic (exact) mass is 389 g/mol. The van der Waals surface area contributed by atoms with Crippen LogP contribution in [0.4, 0.5) is 0 Å². The molecule has 1 saturated heterocycles. The second kappa shape index (κ2) is 9.18. The third-order valence-corrected chi connectivity index (χ3v) is 5.45. The SMILES string of the molecule is COC1CC(OC2Cc3ccc(C(=O)C=CN(C)C)cc3C2)OC(C)C1OC. The summed E-state index contributed by atoms with van der Waals surface area (Å²) < 4.78 is 23.3. The summed E-state index contributed by atoms with van der Waals surface area (Å²) in [4.78, 5) is 14.2. The van der Waals surface area contributed by atoms with E-state index in [2.05, 4.69) is 0 Å². The highest BCUT2D eigenvalue weighted by Crippen LogP contribution is 2.30. The Morgan fingerprint density at radius 3 is 2.61 bits per heavy atom. The van der Waals surface area contributed by atoms with Crippen LogP contribution in [-0.4, -0.2) is 69.7 Å². The predicted octanol–water partition coefficient (Wildman–Crippen LogP) is 2.59. The van der Waals surface area contributed by atoms with Crippen molar-refractivity contribution in [3.8, 4) is 0 Å².